The third-order valence-electron chi connectivity index (χ3n) is 3.47. The topological polar surface area (TPSA) is 111 Å². The molecule has 0 saturated carbocycles. The van der Waals surface area contributed by atoms with Crippen molar-refractivity contribution < 1.29 is 28.7 Å². The van der Waals surface area contributed by atoms with E-state index in [4.69, 9.17) is 21.7 Å². The maximum atomic E-state index is 12.1. The monoisotopic (exact) mass is 424 g/mol. The van der Waals surface area contributed by atoms with E-state index < -0.39 is 22.4 Å². The fraction of sp³-hybridized carbons (Fsp3) is 0.188. The van der Waals surface area contributed by atoms with Crippen LogP contribution in [-0.4, -0.2) is 39.7 Å². The van der Waals surface area contributed by atoms with Crippen molar-refractivity contribution in [1.82, 2.24) is 10.6 Å². The summed E-state index contributed by atoms with van der Waals surface area (Å²) in [6.07, 6.45) is 1.47. The van der Waals surface area contributed by atoms with E-state index in [0.29, 0.717) is 21.2 Å². The van der Waals surface area contributed by atoms with Crippen molar-refractivity contribution in [2.24, 2.45) is 0 Å². The van der Waals surface area contributed by atoms with Crippen LogP contribution in [0.2, 0.25) is 0 Å². The molecule has 0 radical (unpaired) electrons. The van der Waals surface area contributed by atoms with Crippen molar-refractivity contribution in [2.45, 2.75) is 11.7 Å². The Labute approximate surface area is 167 Å². The van der Waals surface area contributed by atoms with Crippen LogP contribution >= 0.6 is 35.7 Å². The largest absolute Gasteiger partial charge is 0.493 e. The molecule has 2 N–H and O–H groups in total. The van der Waals surface area contributed by atoms with Gasteiger partial charge in [-0.15, -0.1) is 0 Å². The van der Waals surface area contributed by atoms with Crippen LogP contribution in [0.4, 0.5) is 9.59 Å². The summed E-state index contributed by atoms with van der Waals surface area (Å²) in [4.78, 5) is 47.0. The van der Waals surface area contributed by atoms with E-state index in [-0.39, 0.29) is 17.4 Å². The molecule has 1 aromatic rings. The smallest absolute Gasteiger partial charge is 0.312 e. The minimum Gasteiger partial charge on any atom is -0.493 e. The molecule has 0 bridgehead atoms. The highest BCUT2D eigenvalue weighted by Crippen LogP contribution is 2.32. The van der Waals surface area contributed by atoms with Gasteiger partial charge in [-0.3, -0.25) is 24.5 Å². The molecule has 1 atom stereocenters. The predicted molar refractivity (Wildman–Crippen MR) is 105 cm³/mol. The minimum atomic E-state index is -0.801. The summed E-state index contributed by atoms with van der Waals surface area (Å²) in [5.74, 6) is -0.700. The molecule has 1 unspecified atom stereocenters. The zero-order valence-electron chi connectivity index (χ0n) is 13.8. The average molecular weight is 424 g/mol. The molecule has 0 aliphatic carbocycles. The third kappa shape index (κ3) is 4.67. The fourth-order valence-corrected chi connectivity index (χ4v) is 4.11. The number of rotatable bonds is 5. The van der Waals surface area contributed by atoms with Crippen LogP contribution in [-0.2, 0) is 9.59 Å². The van der Waals surface area contributed by atoms with Gasteiger partial charge in [-0.2, -0.15) is 0 Å². The number of hydrogen-bond donors (Lipinski definition) is 2. The molecule has 0 aromatic heterocycles. The maximum Gasteiger partial charge on any atom is 0.312 e. The first-order valence-corrected chi connectivity index (χ1v) is 9.61. The van der Waals surface area contributed by atoms with Crippen molar-refractivity contribution in [2.75, 3.05) is 7.11 Å². The zero-order chi connectivity index (χ0) is 19.6. The predicted octanol–water partition coefficient (Wildman–Crippen LogP) is 2.47. The van der Waals surface area contributed by atoms with Gasteiger partial charge in [0.15, 0.2) is 11.5 Å². The number of thiocarbonyl (C=S) groups is 1. The molecule has 0 spiro atoms. The molecule has 1 aromatic carbocycles. The molecule has 27 heavy (non-hydrogen) atoms. The summed E-state index contributed by atoms with van der Waals surface area (Å²) < 4.78 is 10.5. The fourth-order valence-electron chi connectivity index (χ4n) is 2.27. The van der Waals surface area contributed by atoms with Gasteiger partial charge in [0.25, 0.3) is 10.5 Å². The molecule has 8 nitrogen and oxygen atoms in total. The van der Waals surface area contributed by atoms with Gasteiger partial charge in [-0.25, -0.2) is 0 Å². The van der Waals surface area contributed by atoms with Crippen molar-refractivity contribution in [1.29, 1.82) is 0 Å². The first-order chi connectivity index (χ1) is 12.9. The quantitative estimate of drug-likeness (QED) is 0.319. The molecular formula is C16H12N2O6S3. The van der Waals surface area contributed by atoms with Gasteiger partial charge in [0, 0.05) is 0 Å². The first-order valence-electron chi connectivity index (χ1n) is 7.51. The molecule has 3 amide bonds. The molecule has 2 fully saturated rings. The Kier molecular flexibility index (Phi) is 5.82. The molecule has 140 valence electrons. The van der Waals surface area contributed by atoms with Crippen molar-refractivity contribution in [3.63, 3.8) is 0 Å². The van der Waals surface area contributed by atoms with Crippen LogP contribution in [0.1, 0.15) is 12.0 Å². The lowest BCUT2D eigenvalue weighted by Gasteiger charge is -2.11. The van der Waals surface area contributed by atoms with Gasteiger partial charge in [0.05, 0.1) is 18.4 Å². The van der Waals surface area contributed by atoms with E-state index in [1.54, 1.807) is 18.2 Å². The van der Waals surface area contributed by atoms with Crippen LogP contribution in [0.5, 0.6) is 11.5 Å². The van der Waals surface area contributed by atoms with Crippen molar-refractivity contribution in [3.8, 4) is 11.5 Å². The van der Waals surface area contributed by atoms with Crippen LogP contribution in [0.25, 0.3) is 6.08 Å². The number of thioether (sulfide) groups is 2. The lowest BCUT2D eigenvalue weighted by atomic mass is 10.2. The highest BCUT2D eigenvalue weighted by atomic mass is 32.2. The van der Waals surface area contributed by atoms with Crippen molar-refractivity contribution in [3.05, 3.63) is 28.7 Å². The van der Waals surface area contributed by atoms with Crippen LogP contribution in [0.15, 0.2) is 23.1 Å². The van der Waals surface area contributed by atoms with Gasteiger partial charge in [0.1, 0.15) is 10.2 Å². The standard InChI is InChI=1S/C16H12N2O6S3/c1-23-9-4-7(5-11-14(25)18-16(22)27-11)2-3-8(9)24-12(19)6-10-13(20)17-15(21)26-10/h2-5,10H,6H2,1H3,(H,17,20,21)(H,18,22,25). The van der Waals surface area contributed by atoms with E-state index in [1.165, 1.54) is 13.2 Å². The van der Waals surface area contributed by atoms with Gasteiger partial charge < -0.3 is 14.8 Å². The number of benzene rings is 1. The number of carbonyl (C=O) groups excluding carboxylic acids is 4. The third-order valence-corrected chi connectivity index (χ3v) is 5.73. The summed E-state index contributed by atoms with van der Waals surface area (Å²) in [5.41, 5.74) is 0.698. The van der Waals surface area contributed by atoms with E-state index in [2.05, 4.69) is 10.6 Å². The van der Waals surface area contributed by atoms with Gasteiger partial charge in [-0.1, -0.05) is 30.0 Å². The summed E-state index contributed by atoms with van der Waals surface area (Å²) in [5, 5.41) is 3.11. The highest BCUT2D eigenvalue weighted by Gasteiger charge is 2.34. The van der Waals surface area contributed by atoms with E-state index in [0.717, 1.165) is 23.5 Å². The van der Waals surface area contributed by atoms with E-state index in [1.807, 2.05) is 0 Å². The number of nitrogens with one attached hydrogen (secondary N) is 2. The minimum absolute atomic E-state index is 0.176. The maximum absolute atomic E-state index is 12.1. The summed E-state index contributed by atoms with van der Waals surface area (Å²) in [7, 11) is 1.42. The Bertz CT molecular complexity index is 898. The summed E-state index contributed by atoms with van der Waals surface area (Å²) >= 11 is 6.81. The second kappa shape index (κ2) is 8.11. The number of imide groups is 1. The number of methoxy groups -OCH3 is 1. The summed E-state index contributed by atoms with van der Waals surface area (Å²) in [6, 6.07) is 4.83. The molecule has 11 heteroatoms. The lowest BCUT2D eigenvalue weighted by molar-refractivity contribution is -0.136. The lowest BCUT2D eigenvalue weighted by Crippen LogP contribution is -2.27. The van der Waals surface area contributed by atoms with E-state index in [9.17, 15) is 19.2 Å². The molecule has 2 aliphatic heterocycles. The SMILES string of the molecule is COc1cc(C=C2SC(=O)NC2=S)ccc1OC(=O)CC1SC(=O)NC1=O. The molecular weight excluding hydrogens is 412 g/mol. The molecule has 2 saturated heterocycles. The van der Waals surface area contributed by atoms with Gasteiger partial charge in [-0.05, 0) is 35.5 Å². The summed E-state index contributed by atoms with van der Waals surface area (Å²) in [6.45, 7) is 0. The number of hydrogen-bond acceptors (Lipinski definition) is 9. The molecule has 2 aliphatic rings. The van der Waals surface area contributed by atoms with Crippen LogP contribution in [0, 0.1) is 0 Å². The Morgan fingerprint density at radius 3 is 2.59 bits per heavy atom. The first kappa shape index (κ1) is 19.4. The molecule has 3 rings (SSSR count). The Morgan fingerprint density at radius 2 is 2.00 bits per heavy atom. The number of carbonyl (C=O) groups is 4. The second-order valence-electron chi connectivity index (χ2n) is 5.32. The normalized spacial score (nSPS) is 20.6. The zero-order valence-corrected chi connectivity index (χ0v) is 16.2. The van der Waals surface area contributed by atoms with Gasteiger partial charge >= 0.3 is 5.97 Å². The number of amides is 3. The number of ether oxygens (including phenoxy) is 2. The van der Waals surface area contributed by atoms with Crippen LogP contribution < -0.4 is 20.1 Å². The Hall–Kier alpha value is -2.37. The van der Waals surface area contributed by atoms with Crippen molar-refractivity contribution >= 4 is 69.2 Å². The van der Waals surface area contributed by atoms with Gasteiger partial charge in [0.2, 0.25) is 5.91 Å². The Balaban J connectivity index is 1.71. The second-order valence-corrected chi connectivity index (χ2v) is 7.92. The number of esters is 1. The Morgan fingerprint density at radius 1 is 1.22 bits per heavy atom. The van der Waals surface area contributed by atoms with Crippen LogP contribution in [0.3, 0.4) is 0 Å². The highest BCUT2D eigenvalue weighted by molar-refractivity contribution is 8.19. The molecule has 2 heterocycles. The average Bonchev–Trinajstić information content (AvgIpc) is 3.09. The van der Waals surface area contributed by atoms with E-state index >= 15 is 0 Å².